The van der Waals surface area contributed by atoms with Gasteiger partial charge in [-0.15, -0.1) is 0 Å². The van der Waals surface area contributed by atoms with Crippen LogP contribution in [0.15, 0.2) is 24.3 Å². The van der Waals surface area contributed by atoms with E-state index in [9.17, 15) is 5.11 Å². The van der Waals surface area contributed by atoms with Gasteiger partial charge in [0, 0.05) is 19.1 Å². The molecule has 4 unspecified atom stereocenters. The summed E-state index contributed by atoms with van der Waals surface area (Å²) >= 11 is 0. The smallest absolute Gasteiger partial charge is 0.0861 e. The van der Waals surface area contributed by atoms with E-state index in [4.69, 9.17) is 10.5 Å². The van der Waals surface area contributed by atoms with Crippen LogP contribution >= 0.6 is 0 Å². The molecule has 1 aromatic rings. The van der Waals surface area contributed by atoms with Crippen LogP contribution in [0, 0.1) is 17.3 Å². The Balaban J connectivity index is 1.82. The second-order valence-corrected chi connectivity index (χ2v) is 6.59. The molecule has 20 heavy (non-hydrogen) atoms. The number of methoxy groups -OCH3 is 1. The highest BCUT2D eigenvalue weighted by molar-refractivity contribution is 5.26. The highest BCUT2D eigenvalue weighted by Crippen LogP contribution is 2.60. The van der Waals surface area contributed by atoms with Crippen molar-refractivity contribution >= 4 is 0 Å². The van der Waals surface area contributed by atoms with E-state index in [2.05, 4.69) is 0 Å². The van der Waals surface area contributed by atoms with Crippen molar-refractivity contribution in [2.24, 2.45) is 23.0 Å². The highest BCUT2D eigenvalue weighted by Gasteiger charge is 2.54. The molecule has 2 aliphatic carbocycles. The number of benzene rings is 1. The maximum absolute atomic E-state index is 10.9. The Kier molecular flexibility index (Phi) is 3.85. The van der Waals surface area contributed by atoms with Gasteiger partial charge in [-0.3, -0.25) is 0 Å². The van der Waals surface area contributed by atoms with E-state index in [0.717, 1.165) is 23.5 Å². The van der Waals surface area contributed by atoms with Crippen LogP contribution in [0.5, 0.6) is 0 Å². The van der Waals surface area contributed by atoms with Gasteiger partial charge in [-0.1, -0.05) is 30.7 Å². The summed E-state index contributed by atoms with van der Waals surface area (Å²) in [5.41, 5.74) is 8.14. The molecule has 3 heteroatoms. The molecule has 0 spiro atoms. The van der Waals surface area contributed by atoms with Gasteiger partial charge in [-0.2, -0.15) is 0 Å². The predicted molar refractivity (Wildman–Crippen MR) is 79.1 cm³/mol. The summed E-state index contributed by atoms with van der Waals surface area (Å²) in [6.45, 7) is 1.21. The topological polar surface area (TPSA) is 55.5 Å². The van der Waals surface area contributed by atoms with Crippen molar-refractivity contribution in [2.45, 2.75) is 38.4 Å². The second kappa shape index (κ2) is 5.47. The third kappa shape index (κ3) is 2.18. The van der Waals surface area contributed by atoms with E-state index in [-0.39, 0.29) is 5.41 Å². The Morgan fingerprint density at radius 1 is 1.35 bits per heavy atom. The van der Waals surface area contributed by atoms with Crippen LogP contribution in [-0.4, -0.2) is 18.8 Å². The van der Waals surface area contributed by atoms with Crippen molar-refractivity contribution in [2.75, 3.05) is 13.7 Å². The Bertz CT molecular complexity index is 459. The van der Waals surface area contributed by atoms with E-state index in [1.807, 2.05) is 24.3 Å². The van der Waals surface area contributed by atoms with Crippen LogP contribution < -0.4 is 5.73 Å². The monoisotopic (exact) mass is 275 g/mol. The Morgan fingerprint density at radius 2 is 2.10 bits per heavy atom. The molecule has 1 aromatic carbocycles. The molecule has 3 N–H and O–H groups in total. The number of hydrogen-bond donors (Lipinski definition) is 2. The van der Waals surface area contributed by atoms with Crippen molar-refractivity contribution in [3.05, 3.63) is 35.4 Å². The summed E-state index contributed by atoms with van der Waals surface area (Å²) in [6.07, 6.45) is 4.48. The van der Waals surface area contributed by atoms with Gasteiger partial charge in [0.05, 0.1) is 12.7 Å². The molecular weight excluding hydrogens is 250 g/mol. The van der Waals surface area contributed by atoms with E-state index >= 15 is 0 Å². The maximum atomic E-state index is 10.9. The van der Waals surface area contributed by atoms with E-state index in [0.29, 0.717) is 19.1 Å². The van der Waals surface area contributed by atoms with E-state index in [1.54, 1.807) is 7.11 Å². The van der Waals surface area contributed by atoms with Gasteiger partial charge >= 0.3 is 0 Å². The maximum Gasteiger partial charge on any atom is 0.0861 e. The Morgan fingerprint density at radius 3 is 2.60 bits per heavy atom. The Labute approximate surface area is 121 Å². The lowest BCUT2D eigenvalue weighted by Gasteiger charge is -2.41. The van der Waals surface area contributed by atoms with Gasteiger partial charge in [0.25, 0.3) is 0 Å². The van der Waals surface area contributed by atoms with Crippen LogP contribution in [0.1, 0.15) is 42.9 Å². The van der Waals surface area contributed by atoms with Gasteiger partial charge in [-0.25, -0.2) is 0 Å². The lowest BCUT2D eigenvalue weighted by atomic mass is 9.67. The SMILES string of the molecule is COCc1ccc(C(O)C2(CN)CC3CCC2C3)cc1. The number of aliphatic hydroxyl groups is 1. The number of rotatable bonds is 5. The summed E-state index contributed by atoms with van der Waals surface area (Å²) in [6, 6.07) is 8.14. The van der Waals surface area contributed by atoms with E-state index < -0.39 is 6.10 Å². The minimum atomic E-state index is -0.431. The van der Waals surface area contributed by atoms with Gasteiger partial charge < -0.3 is 15.6 Å². The first-order chi connectivity index (χ1) is 9.69. The zero-order chi connectivity index (χ0) is 14.2. The first kappa shape index (κ1) is 14.1. The molecule has 0 amide bonds. The zero-order valence-electron chi connectivity index (χ0n) is 12.2. The van der Waals surface area contributed by atoms with Crippen molar-refractivity contribution in [1.29, 1.82) is 0 Å². The summed E-state index contributed by atoms with van der Waals surface area (Å²) in [7, 11) is 1.70. The lowest BCUT2D eigenvalue weighted by molar-refractivity contribution is -0.0130. The quantitative estimate of drug-likeness (QED) is 0.868. The summed E-state index contributed by atoms with van der Waals surface area (Å²) < 4.78 is 5.13. The molecule has 110 valence electrons. The molecule has 4 atom stereocenters. The molecule has 2 saturated carbocycles. The molecule has 3 nitrogen and oxygen atoms in total. The minimum absolute atomic E-state index is 0.0916. The molecule has 2 bridgehead atoms. The molecule has 3 rings (SSSR count). The fourth-order valence-electron chi connectivity index (χ4n) is 4.48. The largest absolute Gasteiger partial charge is 0.388 e. The molecule has 0 aromatic heterocycles. The number of nitrogens with two attached hydrogens (primary N) is 1. The molecule has 0 radical (unpaired) electrons. The van der Waals surface area contributed by atoms with Crippen LogP contribution in [-0.2, 0) is 11.3 Å². The molecule has 0 heterocycles. The third-order valence-electron chi connectivity index (χ3n) is 5.55. The Hall–Kier alpha value is -0.900. The van der Waals surface area contributed by atoms with Gasteiger partial charge in [-0.05, 0) is 42.2 Å². The normalized spacial score (nSPS) is 33.5. The number of ether oxygens (including phenoxy) is 1. The minimum Gasteiger partial charge on any atom is -0.388 e. The number of fused-ring (bicyclic) bond motifs is 2. The van der Waals surface area contributed by atoms with E-state index in [1.165, 1.54) is 19.3 Å². The molecule has 2 fully saturated rings. The average Bonchev–Trinajstić information content (AvgIpc) is 3.09. The standard InChI is InChI=1S/C17H25NO2/c1-20-10-12-2-5-14(6-3-12)16(19)17(11-18)9-13-4-7-15(17)8-13/h2-3,5-6,13,15-16,19H,4,7-11,18H2,1H3. The van der Waals surface area contributed by atoms with Crippen molar-refractivity contribution in [3.8, 4) is 0 Å². The summed E-state index contributed by atoms with van der Waals surface area (Å²) in [4.78, 5) is 0. The van der Waals surface area contributed by atoms with Crippen LogP contribution in [0.3, 0.4) is 0 Å². The molecule has 0 aliphatic heterocycles. The van der Waals surface area contributed by atoms with Gasteiger partial charge in [0.2, 0.25) is 0 Å². The van der Waals surface area contributed by atoms with Crippen molar-refractivity contribution in [3.63, 3.8) is 0 Å². The zero-order valence-corrected chi connectivity index (χ0v) is 12.2. The van der Waals surface area contributed by atoms with Crippen molar-refractivity contribution in [1.82, 2.24) is 0 Å². The first-order valence-corrected chi connectivity index (χ1v) is 7.65. The van der Waals surface area contributed by atoms with Crippen LogP contribution in [0.2, 0.25) is 0 Å². The fourth-order valence-corrected chi connectivity index (χ4v) is 4.48. The summed E-state index contributed by atoms with van der Waals surface area (Å²) in [5, 5.41) is 10.9. The average molecular weight is 275 g/mol. The molecule has 2 aliphatic rings. The van der Waals surface area contributed by atoms with Crippen LogP contribution in [0.25, 0.3) is 0 Å². The number of aliphatic hydroxyl groups excluding tert-OH is 1. The van der Waals surface area contributed by atoms with Crippen molar-refractivity contribution < 1.29 is 9.84 Å². The third-order valence-corrected chi connectivity index (χ3v) is 5.55. The lowest BCUT2D eigenvalue weighted by Crippen LogP contribution is -2.41. The van der Waals surface area contributed by atoms with Crippen LogP contribution in [0.4, 0.5) is 0 Å². The highest BCUT2D eigenvalue weighted by atomic mass is 16.5. The van der Waals surface area contributed by atoms with Gasteiger partial charge in [0.1, 0.15) is 0 Å². The fraction of sp³-hybridized carbons (Fsp3) is 0.647. The molecular formula is C17H25NO2. The summed E-state index contributed by atoms with van der Waals surface area (Å²) in [5.74, 6) is 1.39. The number of hydrogen-bond acceptors (Lipinski definition) is 3. The first-order valence-electron chi connectivity index (χ1n) is 7.65. The molecule has 0 saturated heterocycles. The predicted octanol–water partition coefficient (Wildman–Crippen LogP) is 2.63. The van der Waals surface area contributed by atoms with Gasteiger partial charge in [0.15, 0.2) is 0 Å². The second-order valence-electron chi connectivity index (χ2n) is 6.59.